The largest absolute Gasteiger partial charge is 0.506 e. The predicted octanol–water partition coefficient (Wildman–Crippen LogP) is 3.65. The van der Waals surface area contributed by atoms with Gasteiger partial charge in [0.25, 0.3) is 5.56 Å². The smallest absolute Gasteiger partial charge is 0.255 e. The van der Waals surface area contributed by atoms with Gasteiger partial charge in [-0.25, -0.2) is 4.68 Å². The number of phenols is 1. The molecule has 4 aromatic rings. The fraction of sp³-hybridized carbons (Fsp3) is 0.100. The molecule has 0 spiro atoms. The van der Waals surface area contributed by atoms with Gasteiger partial charge in [0.05, 0.1) is 26.8 Å². The van der Waals surface area contributed by atoms with Crippen LogP contribution in [0.25, 0.3) is 11.4 Å². The number of aryl methyl sites for hydroxylation is 1. The van der Waals surface area contributed by atoms with Gasteiger partial charge in [-0.2, -0.15) is 0 Å². The highest BCUT2D eigenvalue weighted by Crippen LogP contribution is 2.25. The highest BCUT2D eigenvalue weighted by Gasteiger charge is 2.13. The maximum atomic E-state index is 12.2. The number of thiophene rings is 1. The lowest BCUT2D eigenvalue weighted by molar-refractivity contribution is 0.0986. The molecular weight excluding hydrogens is 412 g/mol. The zero-order valence-corrected chi connectivity index (χ0v) is 16.6. The molecule has 1 aromatic carbocycles. The van der Waals surface area contributed by atoms with Crippen LogP contribution in [0.3, 0.4) is 0 Å². The number of carbonyl (C=O) groups is 1. The van der Waals surface area contributed by atoms with Crippen molar-refractivity contribution in [1.29, 1.82) is 0 Å². The minimum Gasteiger partial charge on any atom is -0.506 e. The van der Waals surface area contributed by atoms with Gasteiger partial charge in [0.2, 0.25) is 0 Å². The van der Waals surface area contributed by atoms with Crippen molar-refractivity contribution in [3.05, 3.63) is 86.2 Å². The van der Waals surface area contributed by atoms with Gasteiger partial charge in [0.15, 0.2) is 5.78 Å². The molecule has 0 aliphatic heterocycles. The Balaban J connectivity index is 1.50. The molecule has 0 aliphatic carbocycles. The summed E-state index contributed by atoms with van der Waals surface area (Å²) in [5, 5.41) is 18.5. The topological polar surface area (TPSA) is 90.0 Å². The summed E-state index contributed by atoms with van der Waals surface area (Å²) in [5.41, 5.74) is 1.40. The number of aromatic nitrogens is 4. The lowest BCUT2D eigenvalue weighted by Gasteiger charge is -2.08. The molecule has 0 aliphatic rings. The Labute approximate surface area is 174 Å². The van der Waals surface area contributed by atoms with Gasteiger partial charge >= 0.3 is 0 Å². The molecule has 0 saturated heterocycles. The van der Waals surface area contributed by atoms with Crippen LogP contribution in [0.15, 0.2) is 65.7 Å². The van der Waals surface area contributed by atoms with E-state index in [-0.39, 0.29) is 23.5 Å². The number of hydrogen-bond acceptors (Lipinski definition) is 6. The molecular formula is C20H15ClN4O3S. The van der Waals surface area contributed by atoms with E-state index in [0.717, 1.165) is 0 Å². The van der Waals surface area contributed by atoms with Crippen molar-refractivity contribution in [1.82, 2.24) is 19.6 Å². The van der Waals surface area contributed by atoms with Crippen molar-refractivity contribution in [2.45, 2.75) is 12.8 Å². The normalized spacial score (nSPS) is 10.9. The first-order valence-corrected chi connectivity index (χ1v) is 9.92. The Bertz CT molecular complexity index is 1240. The number of rotatable bonds is 6. The van der Waals surface area contributed by atoms with E-state index in [9.17, 15) is 14.7 Å². The van der Waals surface area contributed by atoms with Crippen LogP contribution in [0.2, 0.25) is 4.34 Å². The molecule has 146 valence electrons. The number of benzene rings is 1. The number of pyridine rings is 1. The molecule has 4 rings (SSSR count). The third-order valence-electron chi connectivity index (χ3n) is 4.30. The van der Waals surface area contributed by atoms with Crippen molar-refractivity contribution < 1.29 is 9.90 Å². The number of carbonyl (C=O) groups excluding carboxylic acids is 1. The van der Waals surface area contributed by atoms with Gasteiger partial charge in [0.1, 0.15) is 11.4 Å². The monoisotopic (exact) mass is 426 g/mol. The van der Waals surface area contributed by atoms with Gasteiger partial charge < -0.3 is 5.11 Å². The SMILES string of the molecule is O=C(CCc1cn(-c2ccc(-n3ccccc3=O)cc2O)nn1)c1ccc(Cl)s1. The summed E-state index contributed by atoms with van der Waals surface area (Å²) < 4.78 is 3.45. The summed E-state index contributed by atoms with van der Waals surface area (Å²) in [7, 11) is 0. The average molecular weight is 427 g/mol. The Morgan fingerprint density at radius 3 is 2.76 bits per heavy atom. The molecule has 0 unspecified atom stereocenters. The summed E-state index contributed by atoms with van der Waals surface area (Å²) in [4.78, 5) is 24.7. The molecule has 0 radical (unpaired) electrons. The number of halogens is 1. The molecule has 0 bridgehead atoms. The van der Waals surface area contributed by atoms with E-state index in [2.05, 4.69) is 10.3 Å². The molecule has 3 heterocycles. The highest BCUT2D eigenvalue weighted by atomic mass is 35.5. The van der Waals surface area contributed by atoms with E-state index in [1.54, 1.807) is 48.8 Å². The van der Waals surface area contributed by atoms with Crippen LogP contribution >= 0.6 is 22.9 Å². The first-order chi connectivity index (χ1) is 14.0. The minimum atomic E-state index is -0.195. The van der Waals surface area contributed by atoms with Gasteiger partial charge in [-0.05, 0) is 30.3 Å². The molecule has 3 aromatic heterocycles. The zero-order chi connectivity index (χ0) is 20.4. The summed E-state index contributed by atoms with van der Waals surface area (Å²) in [5.74, 6) is -0.0454. The molecule has 0 amide bonds. The maximum Gasteiger partial charge on any atom is 0.255 e. The summed E-state index contributed by atoms with van der Waals surface area (Å²) >= 11 is 7.12. The van der Waals surface area contributed by atoms with Crippen LogP contribution in [0, 0.1) is 0 Å². The van der Waals surface area contributed by atoms with E-state index >= 15 is 0 Å². The average Bonchev–Trinajstić information content (AvgIpc) is 3.35. The number of hydrogen-bond donors (Lipinski definition) is 1. The Morgan fingerprint density at radius 1 is 1.17 bits per heavy atom. The molecule has 9 heteroatoms. The Hall–Kier alpha value is -3.23. The molecule has 29 heavy (non-hydrogen) atoms. The van der Waals surface area contributed by atoms with Crippen LogP contribution in [0.1, 0.15) is 21.8 Å². The minimum absolute atomic E-state index is 0.00282. The summed E-state index contributed by atoms with van der Waals surface area (Å²) in [6.07, 6.45) is 4.00. The third-order valence-corrected chi connectivity index (χ3v) is 5.58. The molecule has 0 saturated carbocycles. The maximum absolute atomic E-state index is 12.2. The first kappa shape index (κ1) is 19.1. The molecule has 1 N–H and O–H groups in total. The summed E-state index contributed by atoms with van der Waals surface area (Å²) in [6.45, 7) is 0. The van der Waals surface area contributed by atoms with Crippen LogP contribution in [0.4, 0.5) is 0 Å². The number of nitrogens with zero attached hydrogens (tertiary/aromatic N) is 4. The fourth-order valence-electron chi connectivity index (χ4n) is 2.86. The first-order valence-electron chi connectivity index (χ1n) is 8.72. The van der Waals surface area contributed by atoms with Crippen molar-refractivity contribution in [3.8, 4) is 17.1 Å². The Kier molecular flexibility index (Phi) is 5.28. The van der Waals surface area contributed by atoms with Crippen LogP contribution in [0.5, 0.6) is 5.75 Å². The van der Waals surface area contributed by atoms with E-state index in [0.29, 0.717) is 32.7 Å². The van der Waals surface area contributed by atoms with E-state index in [4.69, 9.17) is 11.6 Å². The lowest BCUT2D eigenvalue weighted by Crippen LogP contribution is -2.15. The summed E-state index contributed by atoms with van der Waals surface area (Å²) in [6, 6.07) is 13.1. The third kappa shape index (κ3) is 4.13. The van der Waals surface area contributed by atoms with Crippen molar-refractivity contribution in [2.75, 3.05) is 0 Å². The Morgan fingerprint density at radius 2 is 2.03 bits per heavy atom. The second-order valence-corrected chi connectivity index (χ2v) is 7.98. The molecule has 7 nitrogen and oxygen atoms in total. The predicted molar refractivity (Wildman–Crippen MR) is 111 cm³/mol. The van der Waals surface area contributed by atoms with Gasteiger partial charge in [-0.15, -0.1) is 16.4 Å². The van der Waals surface area contributed by atoms with Crippen molar-refractivity contribution >= 4 is 28.7 Å². The lowest BCUT2D eigenvalue weighted by atomic mass is 10.1. The van der Waals surface area contributed by atoms with Gasteiger partial charge in [-0.3, -0.25) is 14.2 Å². The number of aromatic hydroxyl groups is 1. The van der Waals surface area contributed by atoms with Crippen LogP contribution < -0.4 is 5.56 Å². The van der Waals surface area contributed by atoms with E-state index in [1.807, 2.05) is 0 Å². The van der Waals surface area contributed by atoms with Crippen molar-refractivity contribution in [3.63, 3.8) is 0 Å². The standard InChI is InChI=1S/C20H15ClN4O3S/c21-19-9-8-18(29-19)16(26)7-4-13-12-25(23-22-13)15-6-5-14(11-17(15)27)24-10-2-1-3-20(24)28/h1-3,5-6,8-12,27H,4,7H2. The van der Waals surface area contributed by atoms with E-state index < -0.39 is 0 Å². The quantitative estimate of drug-likeness (QED) is 0.475. The number of Topliss-reactive ketones (excluding diaryl/α,β-unsaturated/α-hetero) is 1. The molecule has 0 fully saturated rings. The second kappa shape index (κ2) is 8.02. The molecule has 0 atom stereocenters. The fourth-order valence-corrected chi connectivity index (χ4v) is 3.87. The van der Waals surface area contributed by atoms with Crippen LogP contribution in [-0.2, 0) is 6.42 Å². The van der Waals surface area contributed by atoms with Gasteiger partial charge in [-0.1, -0.05) is 22.9 Å². The number of phenolic OH excluding ortho intramolecular Hbond substituents is 1. The zero-order valence-electron chi connectivity index (χ0n) is 15.0. The van der Waals surface area contributed by atoms with Gasteiger partial charge in [0, 0.05) is 31.2 Å². The second-order valence-electron chi connectivity index (χ2n) is 6.26. The van der Waals surface area contributed by atoms with Crippen molar-refractivity contribution in [2.24, 2.45) is 0 Å². The van der Waals surface area contributed by atoms with Crippen LogP contribution in [-0.4, -0.2) is 30.5 Å². The van der Waals surface area contributed by atoms with E-state index in [1.165, 1.54) is 32.7 Å². The number of ketones is 1. The highest BCUT2D eigenvalue weighted by molar-refractivity contribution is 7.18.